The van der Waals surface area contributed by atoms with E-state index in [-0.39, 0.29) is 22.8 Å². The number of benzene rings is 2. The Kier molecular flexibility index (Phi) is 8.21. The predicted molar refractivity (Wildman–Crippen MR) is 159 cm³/mol. The first kappa shape index (κ1) is 29.5. The van der Waals surface area contributed by atoms with Gasteiger partial charge in [-0.25, -0.2) is 4.98 Å². The Bertz CT molecular complexity index is 1640. The van der Waals surface area contributed by atoms with Gasteiger partial charge < -0.3 is 15.4 Å². The van der Waals surface area contributed by atoms with E-state index in [1.807, 2.05) is 13.8 Å². The number of nitrogen functional groups attached to an aromatic ring is 1. The molecule has 0 bridgehead atoms. The lowest BCUT2D eigenvalue weighted by Gasteiger charge is -2.42. The van der Waals surface area contributed by atoms with Crippen LogP contribution in [0.4, 0.5) is 19.0 Å². The molecule has 218 valence electrons. The number of ketones is 1. The minimum atomic E-state index is -4.56. The molecule has 2 N–H and O–H groups in total. The molecule has 0 saturated carbocycles. The molecule has 4 aromatic rings. The maximum atomic E-state index is 14.1. The Hall–Kier alpha value is -4.02. The highest BCUT2D eigenvalue weighted by Crippen LogP contribution is 2.42. The predicted octanol–water partition coefficient (Wildman–Crippen LogP) is 7.03. The largest absolute Gasteiger partial charge is 0.417 e. The number of allylic oxidation sites excluding steroid dienone is 1. The van der Waals surface area contributed by atoms with E-state index >= 15 is 0 Å². The number of halogens is 3. The Labute approximate surface area is 245 Å². The number of fused-ring (bicyclic) bond motifs is 1. The first-order valence-electron chi connectivity index (χ1n) is 13.5. The number of nitrogens with two attached hydrogens (primary N) is 1. The summed E-state index contributed by atoms with van der Waals surface area (Å²) in [6, 6.07) is 14.6. The van der Waals surface area contributed by atoms with Crippen LogP contribution in [0.3, 0.4) is 0 Å². The fourth-order valence-corrected chi connectivity index (χ4v) is 6.11. The summed E-state index contributed by atoms with van der Waals surface area (Å²) in [4.78, 5) is 32.0. The fraction of sp³-hybridized carbons (Fsp3) is 0.281. The number of alkyl halides is 3. The lowest BCUT2D eigenvalue weighted by molar-refractivity contribution is -0.136. The molecule has 42 heavy (non-hydrogen) atoms. The summed E-state index contributed by atoms with van der Waals surface area (Å²) in [7, 11) is 0. The number of rotatable bonds is 7. The Morgan fingerprint density at radius 2 is 1.86 bits per heavy atom. The van der Waals surface area contributed by atoms with Crippen molar-refractivity contribution >= 4 is 45.0 Å². The second-order valence-corrected chi connectivity index (χ2v) is 12.0. The molecule has 0 spiro atoms. The summed E-state index contributed by atoms with van der Waals surface area (Å²) in [5.41, 5.74) is 6.57. The van der Waals surface area contributed by atoms with E-state index in [4.69, 9.17) is 10.5 Å². The zero-order chi connectivity index (χ0) is 30.1. The Morgan fingerprint density at radius 1 is 1.10 bits per heavy atom. The molecule has 0 atom stereocenters. The minimum absolute atomic E-state index is 0.138. The average Bonchev–Trinajstić information content (AvgIpc) is 3.37. The summed E-state index contributed by atoms with van der Waals surface area (Å²) in [5, 5.41) is 0.464. The summed E-state index contributed by atoms with van der Waals surface area (Å²) in [6.45, 7) is 5.25. The lowest BCUT2D eigenvalue weighted by atomic mass is 9.98. The Balaban J connectivity index is 1.36. The van der Waals surface area contributed by atoms with Crippen LogP contribution in [0.25, 0.3) is 27.3 Å². The van der Waals surface area contributed by atoms with Gasteiger partial charge in [0.2, 0.25) is 0 Å². The molecular weight excluding hydrogens is 563 g/mol. The molecule has 2 aromatic carbocycles. The highest BCUT2D eigenvalue weighted by Gasteiger charge is 2.35. The summed E-state index contributed by atoms with van der Waals surface area (Å²) in [5.74, 6) is 0.0963. The van der Waals surface area contributed by atoms with E-state index in [0.29, 0.717) is 59.0 Å². The van der Waals surface area contributed by atoms with Gasteiger partial charge in [-0.05, 0) is 97.0 Å². The number of thiophene rings is 1. The second kappa shape index (κ2) is 11.7. The quantitative estimate of drug-likeness (QED) is 0.233. The van der Waals surface area contributed by atoms with Crippen molar-refractivity contribution in [1.29, 1.82) is 0 Å². The molecule has 6 nitrogen and oxygen atoms in total. The van der Waals surface area contributed by atoms with Gasteiger partial charge in [0.05, 0.1) is 24.3 Å². The highest BCUT2D eigenvalue weighted by atomic mass is 32.1. The van der Waals surface area contributed by atoms with Crippen LogP contribution in [0.5, 0.6) is 0 Å². The molecule has 10 heteroatoms. The zero-order valence-corrected chi connectivity index (χ0v) is 24.0. The van der Waals surface area contributed by atoms with Gasteiger partial charge in [0, 0.05) is 34.3 Å². The molecule has 3 heterocycles. The number of ether oxygens (including phenoxy) is 1. The smallest absolute Gasteiger partial charge is 0.384 e. The van der Waals surface area contributed by atoms with Gasteiger partial charge in [0.15, 0.2) is 5.78 Å². The molecular formula is C32H30F3N3O3S. The minimum Gasteiger partial charge on any atom is -0.384 e. The van der Waals surface area contributed by atoms with Crippen molar-refractivity contribution in [2.24, 2.45) is 0 Å². The first-order chi connectivity index (χ1) is 19.9. The van der Waals surface area contributed by atoms with Gasteiger partial charge in [-0.1, -0.05) is 12.1 Å². The molecule has 0 unspecified atom stereocenters. The summed E-state index contributed by atoms with van der Waals surface area (Å²) < 4.78 is 48.1. The van der Waals surface area contributed by atoms with Gasteiger partial charge in [-0.3, -0.25) is 9.59 Å². The van der Waals surface area contributed by atoms with E-state index in [9.17, 15) is 22.8 Å². The molecule has 2 aromatic heterocycles. The molecule has 0 aliphatic carbocycles. The van der Waals surface area contributed by atoms with Crippen LogP contribution >= 0.6 is 11.3 Å². The van der Waals surface area contributed by atoms with Crippen LogP contribution in [-0.2, 0) is 22.1 Å². The number of anilines is 1. The van der Waals surface area contributed by atoms with Crippen molar-refractivity contribution in [2.75, 3.05) is 25.5 Å². The number of hydrogen-bond acceptors (Lipinski definition) is 6. The molecule has 1 amide bonds. The molecule has 1 fully saturated rings. The monoisotopic (exact) mass is 593 g/mol. The van der Waals surface area contributed by atoms with Crippen LogP contribution < -0.4 is 5.73 Å². The number of aromatic nitrogens is 1. The third-order valence-electron chi connectivity index (χ3n) is 7.22. The number of amides is 1. The van der Waals surface area contributed by atoms with E-state index in [1.54, 1.807) is 65.7 Å². The summed E-state index contributed by atoms with van der Waals surface area (Å²) >= 11 is 1.05. The topological polar surface area (TPSA) is 85.5 Å². The number of hydrogen-bond donors (Lipinski definition) is 1. The van der Waals surface area contributed by atoms with Crippen LogP contribution in [0.1, 0.15) is 46.6 Å². The Morgan fingerprint density at radius 3 is 2.52 bits per heavy atom. The fourth-order valence-electron chi connectivity index (χ4n) is 4.94. The van der Waals surface area contributed by atoms with Gasteiger partial charge in [-0.15, -0.1) is 11.3 Å². The number of carbonyl (C=O) groups excluding carboxylic acids is 2. The van der Waals surface area contributed by atoms with Crippen molar-refractivity contribution in [2.45, 2.75) is 38.4 Å². The van der Waals surface area contributed by atoms with Gasteiger partial charge in [0.25, 0.3) is 5.91 Å². The summed E-state index contributed by atoms with van der Waals surface area (Å²) in [6.07, 6.45) is 0.555. The van der Waals surface area contributed by atoms with E-state index < -0.39 is 17.3 Å². The molecule has 1 aliphatic rings. The van der Waals surface area contributed by atoms with Gasteiger partial charge >= 0.3 is 6.18 Å². The van der Waals surface area contributed by atoms with Crippen LogP contribution in [0.2, 0.25) is 0 Å². The van der Waals surface area contributed by atoms with Crippen molar-refractivity contribution in [3.63, 3.8) is 0 Å². The van der Waals surface area contributed by atoms with E-state index in [2.05, 4.69) is 4.98 Å². The number of morpholine rings is 1. The third kappa shape index (κ3) is 6.55. The van der Waals surface area contributed by atoms with Crippen LogP contribution in [-0.4, -0.2) is 46.9 Å². The molecule has 5 rings (SSSR count). The SMILES string of the molecule is CC1(C)COCCN1C(=O)c1ccc(-c2cc(C(F)(F)F)c3sc(CCC(=O)/C=C/c4ccc(N)nc4)cc3c2)cc1. The van der Waals surface area contributed by atoms with Gasteiger partial charge in [-0.2, -0.15) is 13.2 Å². The average molecular weight is 594 g/mol. The molecule has 1 saturated heterocycles. The number of nitrogens with zero attached hydrogens (tertiary/aromatic N) is 2. The van der Waals surface area contributed by atoms with Crippen molar-refractivity contribution in [3.8, 4) is 11.1 Å². The maximum Gasteiger partial charge on any atom is 0.417 e. The highest BCUT2D eigenvalue weighted by molar-refractivity contribution is 7.19. The molecule has 1 aliphatic heterocycles. The van der Waals surface area contributed by atoms with Crippen molar-refractivity contribution in [1.82, 2.24) is 9.88 Å². The zero-order valence-electron chi connectivity index (χ0n) is 23.2. The number of carbonyl (C=O) groups is 2. The van der Waals surface area contributed by atoms with Gasteiger partial charge in [0.1, 0.15) is 5.82 Å². The molecule has 0 radical (unpaired) electrons. The van der Waals surface area contributed by atoms with E-state index in [0.717, 1.165) is 23.0 Å². The van der Waals surface area contributed by atoms with Crippen LogP contribution in [0, 0.1) is 0 Å². The first-order valence-corrected chi connectivity index (χ1v) is 14.3. The number of pyridine rings is 1. The van der Waals surface area contributed by atoms with Crippen LogP contribution in [0.15, 0.2) is 66.9 Å². The van der Waals surface area contributed by atoms with Crippen molar-refractivity contribution in [3.05, 3.63) is 88.4 Å². The van der Waals surface area contributed by atoms with E-state index in [1.165, 1.54) is 6.08 Å². The third-order valence-corrected chi connectivity index (χ3v) is 8.46. The van der Waals surface area contributed by atoms with Crippen molar-refractivity contribution < 1.29 is 27.5 Å². The maximum absolute atomic E-state index is 14.1. The standard InChI is InChI=1S/C32H30F3N3O3S/c1-31(2)19-41-14-13-38(31)30(40)22-7-5-21(6-8-22)23-15-24-16-26(42-29(24)27(17-23)32(33,34)35)11-10-25(39)9-3-20-4-12-28(36)37-18-20/h3-9,12,15-18H,10-11,13-14,19H2,1-2H3,(H2,36,37)/b9-3+. The normalized spacial score (nSPS) is 15.4. The second-order valence-electron chi connectivity index (χ2n) is 10.9. The number of aryl methyl sites for hydroxylation is 1. The lowest BCUT2D eigenvalue weighted by Crippen LogP contribution is -2.55.